The molecule has 3 N–H and O–H groups in total. The van der Waals surface area contributed by atoms with E-state index in [2.05, 4.69) is 21.3 Å². The van der Waals surface area contributed by atoms with Crippen LogP contribution in [0, 0.1) is 16.0 Å². The van der Waals surface area contributed by atoms with E-state index < -0.39 is 101 Å². The fourth-order valence-corrected chi connectivity index (χ4v) is 10.7. The summed E-state index contributed by atoms with van der Waals surface area (Å²) in [7, 11) is -3.70. The van der Waals surface area contributed by atoms with E-state index in [-0.39, 0.29) is 39.0 Å². The van der Waals surface area contributed by atoms with Gasteiger partial charge in [0.05, 0.1) is 18.1 Å². The smallest absolute Gasteiger partial charge is 0.411 e. The van der Waals surface area contributed by atoms with Crippen LogP contribution in [0.1, 0.15) is 96.6 Å². The standard InChI is InChI=1S/C46H66N8O14S2/c1-9-33-27-46(33,47-40(55)38-26-35(30-53(38)44(59)68-45(3,4)5)67-43(58)52-28-31-22-23-34(50(6)7)25-32(31)29-52)42(57)49-70(64,65)51(8)24-18-14-12-11-13-15-19-36(41(56)66-10-2)48-69(62,63)39-21-17-16-20-37(39)54(60)61/h9,16-17,20-23,25,33,35-36,38,48H,1,10-15,18-19,24,26-30H2,2-8H3,(H,47,55)(H,49,57)/t33-,35-,36+,38+,46-/m1/s1. The first-order valence-electron chi connectivity index (χ1n) is 23.2. The van der Waals surface area contributed by atoms with Crippen molar-refractivity contribution in [2.24, 2.45) is 5.92 Å². The Kier molecular flexibility index (Phi) is 18.0. The molecule has 3 aliphatic rings. The van der Waals surface area contributed by atoms with Gasteiger partial charge in [-0.2, -0.15) is 17.4 Å². The zero-order valence-corrected chi connectivity index (χ0v) is 42.4. The minimum absolute atomic E-state index is 0.00373. The molecular formula is C46H66N8O14S2. The molecule has 0 unspecified atom stereocenters. The molecule has 24 heteroatoms. The fraction of sp³-hybridized carbons (Fsp3) is 0.587. The molecule has 0 aromatic heterocycles. The van der Waals surface area contributed by atoms with Gasteiger partial charge < -0.3 is 24.4 Å². The number of unbranched alkanes of at least 4 members (excludes halogenated alkanes) is 5. The van der Waals surface area contributed by atoms with Gasteiger partial charge in [-0.1, -0.05) is 56.4 Å². The summed E-state index contributed by atoms with van der Waals surface area (Å²) < 4.78 is 74.8. The van der Waals surface area contributed by atoms with Crippen molar-refractivity contribution in [3.63, 3.8) is 0 Å². The number of nitro benzene ring substituents is 1. The second-order valence-electron chi connectivity index (χ2n) is 18.9. The van der Waals surface area contributed by atoms with Gasteiger partial charge in [0.25, 0.3) is 11.6 Å². The number of likely N-dealkylation sites (tertiary alicyclic amines) is 1. The van der Waals surface area contributed by atoms with Crippen LogP contribution in [-0.4, -0.2) is 136 Å². The van der Waals surface area contributed by atoms with E-state index in [1.54, 1.807) is 27.7 Å². The molecule has 4 amide bonds. The summed E-state index contributed by atoms with van der Waals surface area (Å²) in [5, 5.41) is 14.1. The molecule has 2 heterocycles. The van der Waals surface area contributed by atoms with E-state index in [0.29, 0.717) is 51.6 Å². The summed E-state index contributed by atoms with van der Waals surface area (Å²) in [5.74, 6) is -3.20. The highest BCUT2D eigenvalue weighted by atomic mass is 32.2. The predicted molar refractivity (Wildman–Crippen MR) is 257 cm³/mol. The van der Waals surface area contributed by atoms with Crippen LogP contribution in [0.25, 0.3) is 0 Å². The van der Waals surface area contributed by atoms with Crippen molar-refractivity contribution in [2.75, 3.05) is 45.7 Å². The van der Waals surface area contributed by atoms with E-state index in [1.807, 2.05) is 37.2 Å². The van der Waals surface area contributed by atoms with Gasteiger partial charge in [0.15, 0.2) is 4.90 Å². The van der Waals surface area contributed by atoms with Crippen molar-refractivity contribution in [1.29, 1.82) is 0 Å². The SMILES string of the molecule is C=C[C@@H]1C[C@]1(NC(=O)[C@@H]1C[C@@H](OC(=O)N2Cc3ccc(N(C)C)cc3C2)CN1C(=O)OC(C)(C)C)C(=O)NS(=O)(=O)N(C)CCCCCCCC[C@H](NS(=O)(=O)c1ccccc1[N+](=O)[O-])C(=O)OCC. The van der Waals surface area contributed by atoms with Gasteiger partial charge in [-0.25, -0.2) is 22.7 Å². The van der Waals surface area contributed by atoms with Crippen LogP contribution in [0.3, 0.4) is 0 Å². The number of carbonyl (C=O) groups is 5. The Morgan fingerprint density at radius 3 is 2.24 bits per heavy atom. The predicted octanol–water partition coefficient (Wildman–Crippen LogP) is 4.49. The zero-order valence-electron chi connectivity index (χ0n) is 40.8. The van der Waals surface area contributed by atoms with Gasteiger partial charge in [-0.15, -0.1) is 6.58 Å². The number of hydrogen-bond donors (Lipinski definition) is 3. The number of hydrogen-bond acceptors (Lipinski definition) is 15. The Bertz CT molecular complexity index is 2520. The Labute approximate surface area is 409 Å². The van der Waals surface area contributed by atoms with Crippen LogP contribution in [0.4, 0.5) is 21.0 Å². The first-order chi connectivity index (χ1) is 32.8. The van der Waals surface area contributed by atoms with Gasteiger partial charge >= 0.3 is 28.4 Å². The van der Waals surface area contributed by atoms with Gasteiger partial charge in [0.2, 0.25) is 15.9 Å². The summed E-state index contributed by atoms with van der Waals surface area (Å²) in [6, 6.07) is 8.20. The second kappa shape index (κ2) is 22.9. The lowest BCUT2D eigenvalue weighted by Crippen LogP contribution is -2.57. The minimum Gasteiger partial charge on any atom is -0.465 e. The molecule has 0 bridgehead atoms. The van der Waals surface area contributed by atoms with Crippen LogP contribution < -0.4 is 19.7 Å². The number of ether oxygens (including phenoxy) is 3. The highest BCUT2D eigenvalue weighted by Gasteiger charge is 2.61. The Hall–Kier alpha value is -5.85. The molecule has 0 radical (unpaired) electrons. The summed E-state index contributed by atoms with van der Waals surface area (Å²) >= 11 is 0. The summed E-state index contributed by atoms with van der Waals surface area (Å²) in [6.45, 7) is 10.8. The number of fused-ring (bicyclic) bond motifs is 1. The molecule has 70 heavy (non-hydrogen) atoms. The normalized spacial score (nSPS) is 20.3. The van der Waals surface area contributed by atoms with Crippen molar-refractivity contribution < 1.29 is 59.9 Å². The lowest BCUT2D eigenvalue weighted by atomic mass is 10.1. The minimum atomic E-state index is -4.45. The molecular weight excluding hydrogens is 953 g/mol. The van der Waals surface area contributed by atoms with E-state index in [4.69, 9.17) is 14.2 Å². The molecule has 1 aliphatic carbocycles. The number of nitro groups is 1. The number of amides is 4. The largest absolute Gasteiger partial charge is 0.465 e. The summed E-state index contributed by atoms with van der Waals surface area (Å²) in [6.07, 6.45) is 2.39. The number of esters is 1. The molecule has 1 saturated heterocycles. The molecule has 5 rings (SSSR count). The number of benzene rings is 2. The first-order valence-corrected chi connectivity index (χ1v) is 26.1. The molecule has 1 saturated carbocycles. The summed E-state index contributed by atoms with van der Waals surface area (Å²) in [4.78, 5) is 82.2. The van der Waals surface area contributed by atoms with Crippen LogP contribution in [0.15, 0.2) is 60.0 Å². The maximum Gasteiger partial charge on any atom is 0.411 e. The number of sulfonamides is 1. The zero-order chi connectivity index (χ0) is 51.8. The topological polar surface area (TPSA) is 274 Å². The molecule has 2 aromatic carbocycles. The van der Waals surface area contributed by atoms with Gasteiger partial charge in [0.1, 0.15) is 29.3 Å². The monoisotopic (exact) mass is 1020 g/mol. The highest BCUT2D eigenvalue weighted by molar-refractivity contribution is 7.89. The molecule has 2 aromatic rings. The molecule has 22 nitrogen and oxygen atoms in total. The van der Waals surface area contributed by atoms with E-state index >= 15 is 0 Å². The Balaban J connectivity index is 1.11. The maximum atomic E-state index is 14.1. The number of para-hydroxylation sites is 1. The first kappa shape index (κ1) is 55.1. The van der Waals surface area contributed by atoms with E-state index in [1.165, 1.54) is 30.2 Å². The van der Waals surface area contributed by atoms with Gasteiger partial charge in [-0.3, -0.25) is 34.3 Å². The molecule has 0 spiro atoms. The summed E-state index contributed by atoms with van der Waals surface area (Å²) in [5.41, 5.74) is -0.336. The average Bonchev–Trinajstić information content (AvgIpc) is 3.58. The molecule has 2 aliphatic heterocycles. The lowest BCUT2D eigenvalue weighted by molar-refractivity contribution is -0.387. The van der Waals surface area contributed by atoms with Crippen molar-refractivity contribution in [2.45, 2.75) is 133 Å². The van der Waals surface area contributed by atoms with Crippen molar-refractivity contribution >= 4 is 61.6 Å². The fourth-order valence-electron chi connectivity index (χ4n) is 8.35. The number of nitrogens with zero attached hydrogens (tertiary/aromatic N) is 5. The number of anilines is 1. The van der Waals surface area contributed by atoms with E-state index in [0.717, 1.165) is 38.2 Å². The number of nitrogens with one attached hydrogen (secondary N) is 3. The Morgan fingerprint density at radius 1 is 0.957 bits per heavy atom. The van der Waals surface area contributed by atoms with Crippen LogP contribution in [0.2, 0.25) is 0 Å². The number of rotatable bonds is 23. The highest BCUT2D eigenvalue weighted by Crippen LogP contribution is 2.45. The van der Waals surface area contributed by atoms with Crippen LogP contribution in [-0.2, 0) is 61.9 Å². The Morgan fingerprint density at radius 2 is 1.61 bits per heavy atom. The van der Waals surface area contributed by atoms with E-state index in [9.17, 15) is 50.9 Å². The lowest BCUT2D eigenvalue weighted by Gasteiger charge is -2.29. The van der Waals surface area contributed by atoms with Crippen LogP contribution in [0.5, 0.6) is 0 Å². The quantitative estimate of drug-likeness (QED) is 0.0346. The third kappa shape index (κ3) is 13.9. The molecule has 2 fully saturated rings. The van der Waals surface area contributed by atoms with Crippen LogP contribution >= 0.6 is 0 Å². The maximum absolute atomic E-state index is 14.1. The van der Waals surface area contributed by atoms with Gasteiger partial charge in [0, 0.05) is 64.9 Å². The number of carbonyl (C=O) groups excluding carboxylic acids is 5. The van der Waals surface area contributed by atoms with Gasteiger partial charge in [-0.05, 0) is 76.3 Å². The second-order valence-corrected chi connectivity index (χ2v) is 22.4. The third-order valence-corrected chi connectivity index (χ3v) is 15.2. The van der Waals surface area contributed by atoms with Crippen molar-refractivity contribution in [1.82, 2.24) is 28.9 Å². The molecule has 386 valence electrons. The third-order valence-electron chi connectivity index (χ3n) is 12.3. The average molecular weight is 1020 g/mol. The molecule has 5 atom stereocenters. The van der Waals surface area contributed by atoms with Crippen molar-refractivity contribution in [3.8, 4) is 0 Å². The van der Waals surface area contributed by atoms with Crippen molar-refractivity contribution in [3.05, 3.63) is 76.4 Å².